The molecule has 0 unspecified atom stereocenters. The number of benzene rings is 2. The first kappa shape index (κ1) is 24.1. The summed E-state index contributed by atoms with van der Waals surface area (Å²) in [4.78, 5) is 1.72. The number of fused-ring (bicyclic) bond motifs is 1. The summed E-state index contributed by atoms with van der Waals surface area (Å²) in [5.41, 5.74) is 5.12. The van der Waals surface area contributed by atoms with Gasteiger partial charge in [-0.25, -0.2) is 0 Å². The van der Waals surface area contributed by atoms with Crippen LogP contribution < -0.4 is 10.1 Å². The topological polar surface area (TPSA) is 52.0 Å². The molecule has 1 aromatic heterocycles. The quantitative estimate of drug-likeness (QED) is 0.343. The number of nitrogens with zero attached hydrogens (tertiary/aromatic N) is 3. The van der Waals surface area contributed by atoms with Crippen molar-refractivity contribution in [1.82, 2.24) is 15.0 Å². The van der Waals surface area contributed by atoms with Crippen molar-refractivity contribution in [2.75, 3.05) is 19.0 Å². The Morgan fingerprint density at radius 2 is 1.59 bits per heavy atom. The molecule has 32 heavy (non-hydrogen) atoms. The standard InChI is InChI=1S/C27H40N4O/c1-8-9-10-13-16-28-23-17-20(27(5,6)19-26(2,3)4)18-24(25(23)32-7)31-29-21-14-11-12-15-22(21)30-31/h11-12,14-15,17-18,28H,8-10,13,16,19H2,1-7H3. The normalized spacial score (nSPS) is 12.3. The number of hydrogen-bond donors (Lipinski definition) is 1. The van der Waals surface area contributed by atoms with Crippen LogP contribution in [0.2, 0.25) is 0 Å². The number of ether oxygens (including phenoxy) is 1. The maximum Gasteiger partial charge on any atom is 0.169 e. The number of hydrogen-bond acceptors (Lipinski definition) is 4. The van der Waals surface area contributed by atoms with Gasteiger partial charge in [0.2, 0.25) is 0 Å². The zero-order valence-electron chi connectivity index (χ0n) is 21.0. The van der Waals surface area contributed by atoms with Crippen LogP contribution in [0.5, 0.6) is 5.75 Å². The van der Waals surface area contributed by atoms with Gasteiger partial charge in [0.25, 0.3) is 0 Å². The lowest BCUT2D eigenvalue weighted by atomic mass is 9.72. The SMILES string of the molecule is CCCCCCNc1cc(C(C)(C)CC(C)(C)C)cc(-n2nc3ccccc3n2)c1OC. The van der Waals surface area contributed by atoms with Crippen LogP contribution in [0.3, 0.4) is 0 Å². The van der Waals surface area contributed by atoms with Gasteiger partial charge in [-0.15, -0.1) is 15.0 Å². The molecule has 0 radical (unpaired) electrons. The van der Waals surface area contributed by atoms with E-state index in [1.807, 2.05) is 24.3 Å². The van der Waals surface area contributed by atoms with Gasteiger partial charge in [-0.3, -0.25) is 0 Å². The van der Waals surface area contributed by atoms with E-state index in [0.29, 0.717) is 0 Å². The predicted octanol–water partition coefficient (Wildman–Crippen LogP) is 7.14. The van der Waals surface area contributed by atoms with Crippen molar-refractivity contribution < 1.29 is 4.74 Å². The summed E-state index contributed by atoms with van der Waals surface area (Å²) < 4.78 is 5.91. The number of rotatable bonds is 10. The van der Waals surface area contributed by atoms with Crippen LogP contribution in [0.25, 0.3) is 16.7 Å². The molecular weight excluding hydrogens is 396 g/mol. The second-order valence-electron chi connectivity index (χ2n) is 10.7. The molecule has 174 valence electrons. The van der Waals surface area contributed by atoms with Crippen molar-refractivity contribution in [1.29, 1.82) is 0 Å². The lowest BCUT2D eigenvalue weighted by Gasteiger charge is -2.34. The minimum absolute atomic E-state index is 0.00944. The molecule has 0 aliphatic rings. The van der Waals surface area contributed by atoms with Crippen LogP contribution in [-0.2, 0) is 5.41 Å². The van der Waals surface area contributed by atoms with E-state index in [2.05, 4.69) is 59.0 Å². The number of unbranched alkanes of at least 4 members (excludes halogenated alkanes) is 3. The summed E-state index contributed by atoms with van der Waals surface area (Å²) in [5, 5.41) is 13.1. The Labute approximate surface area is 193 Å². The third-order valence-corrected chi connectivity index (χ3v) is 5.88. The Bertz CT molecular complexity index is 997. The van der Waals surface area contributed by atoms with Gasteiger partial charge in [-0.05, 0) is 53.5 Å². The molecule has 5 nitrogen and oxygen atoms in total. The highest BCUT2D eigenvalue weighted by Gasteiger charge is 2.29. The minimum atomic E-state index is -0.00944. The number of nitrogens with one attached hydrogen (secondary N) is 1. The van der Waals surface area contributed by atoms with E-state index in [0.717, 1.165) is 47.5 Å². The first-order chi connectivity index (χ1) is 15.1. The van der Waals surface area contributed by atoms with Crippen LogP contribution in [0, 0.1) is 5.41 Å². The third kappa shape index (κ3) is 5.81. The second kappa shape index (κ2) is 9.93. The Hall–Kier alpha value is -2.56. The maximum absolute atomic E-state index is 5.91. The van der Waals surface area contributed by atoms with Gasteiger partial charge >= 0.3 is 0 Å². The Balaban J connectivity index is 2.07. The molecule has 3 rings (SSSR count). The van der Waals surface area contributed by atoms with E-state index in [-0.39, 0.29) is 10.8 Å². The van der Waals surface area contributed by atoms with E-state index in [9.17, 15) is 0 Å². The van der Waals surface area contributed by atoms with E-state index in [1.54, 1.807) is 11.9 Å². The summed E-state index contributed by atoms with van der Waals surface area (Å²) in [6.45, 7) is 14.7. The van der Waals surface area contributed by atoms with E-state index < -0.39 is 0 Å². The lowest BCUT2D eigenvalue weighted by molar-refractivity contribution is 0.284. The van der Waals surface area contributed by atoms with Gasteiger partial charge in [-0.1, -0.05) is 72.9 Å². The fourth-order valence-corrected chi connectivity index (χ4v) is 4.67. The Morgan fingerprint density at radius 3 is 2.16 bits per heavy atom. The predicted molar refractivity (Wildman–Crippen MR) is 135 cm³/mol. The minimum Gasteiger partial charge on any atom is -0.492 e. The van der Waals surface area contributed by atoms with Crippen molar-refractivity contribution in [3.8, 4) is 11.4 Å². The molecule has 0 amide bonds. The molecule has 5 heteroatoms. The summed E-state index contributed by atoms with van der Waals surface area (Å²) >= 11 is 0. The summed E-state index contributed by atoms with van der Waals surface area (Å²) in [6.07, 6.45) is 5.96. The summed E-state index contributed by atoms with van der Waals surface area (Å²) in [5.74, 6) is 0.788. The van der Waals surface area contributed by atoms with Gasteiger partial charge in [0.15, 0.2) is 5.75 Å². The van der Waals surface area contributed by atoms with Crippen molar-refractivity contribution >= 4 is 16.7 Å². The van der Waals surface area contributed by atoms with Crippen LogP contribution >= 0.6 is 0 Å². The molecule has 0 spiro atoms. The number of anilines is 1. The molecular formula is C27H40N4O. The van der Waals surface area contributed by atoms with Crippen molar-refractivity contribution in [2.24, 2.45) is 5.41 Å². The molecule has 0 fully saturated rings. The molecule has 2 aromatic carbocycles. The zero-order chi connectivity index (χ0) is 23.4. The zero-order valence-corrected chi connectivity index (χ0v) is 21.0. The van der Waals surface area contributed by atoms with Crippen LogP contribution in [0.4, 0.5) is 5.69 Å². The van der Waals surface area contributed by atoms with Crippen molar-refractivity contribution in [3.05, 3.63) is 42.0 Å². The highest BCUT2D eigenvalue weighted by molar-refractivity contribution is 5.75. The van der Waals surface area contributed by atoms with Crippen molar-refractivity contribution in [3.63, 3.8) is 0 Å². The maximum atomic E-state index is 5.91. The number of aromatic nitrogens is 3. The van der Waals surface area contributed by atoms with Gasteiger partial charge in [0.1, 0.15) is 16.7 Å². The average Bonchev–Trinajstić information content (AvgIpc) is 3.15. The molecule has 0 saturated carbocycles. The fraction of sp³-hybridized carbons (Fsp3) is 0.556. The highest BCUT2D eigenvalue weighted by Crippen LogP contribution is 2.41. The number of methoxy groups -OCH3 is 1. The molecule has 3 aromatic rings. The third-order valence-electron chi connectivity index (χ3n) is 5.88. The first-order valence-corrected chi connectivity index (χ1v) is 11.9. The average molecular weight is 437 g/mol. The Kier molecular flexibility index (Phi) is 7.47. The van der Waals surface area contributed by atoms with Crippen LogP contribution in [-0.4, -0.2) is 28.6 Å². The van der Waals surface area contributed by atoms with Crippen LogP contribution in [0.15, 0.2) is 36.4 Å². The first-order valence-electron chi connectivity index (χ1n) is 11.9. The highest BCUT2D eigenvalue weighted by atomic mass is 16.5. The molecule has 1 heterocycles. The van der Waals surface area contributed by atoms with E-state index >= 15 is 0 Å². The lowest BCUT2D eigenvalue weighted by Crippen LogP contribution is -2.25. The monoisotopic (exact) mass is 436 g/mol. The smallest absolute Gasteiger partial charge is 0.169 e. The van der Waals surface area contributed by atoms with E-state index in [1.165, 1.54) is 24.8 Å². The van der Waals surface area contributed by atoms with Gasteiger partial charge < -0.3 is 10.1 Å². The van der Waals surface area contributed by atoms with Gasteiger partial charge in [0, 0.05) is 6.54 Å². The van der Waals surface area contributed by atoms with Crippen LogP contribution in [0.1, 0.15) is 79.2 Å². The van der Waals surface area contributed by atoms with Gasteiger partial charge in [-0.2, -0.15) is 0 Å². The molecule has 1 N–H and O–H groups in total. The molecule has 0 aliphatic heterocycles. The largest absolute Gasteiger partial charge is 0.492 e. The molecule has 0 saturated heterocycles. The summed E-state index contributed by atoms with van der Waals surface area (Å²) in [7, 11) is 1.73. The van der Waals surface area contributed by atoms with Gasteiger partial charge in [0.05, 0.1) is 12.8 Å². The molecule has 0 atom stereocenters. The summed E-state index contributed by atoms with van der Waals surface area (Å²) in [6, 6.07) is 12.4. The van der Waals surface area contributed by atoms with E-state index in [4.69, 9.17) is 14.9 Å². The second-order valence-corrected chi connectivity index (χ2v) is 10.7. The fourth-order valence-electron chi connectivity index (χ4n) is 4.67. The van der Waals surface area contributed by atoms with Crippen molar-refractivity contribution in [2.45, 2.75) is 79.1 Å². The Morgan fingerprint density at radius 1 is 0.938 bits per heavy atom. The molecule has 0 bridgehead atoms. The molecule has 0 aliphatic carbocycles.